The summed E-state index contributed by atoms with van der Waals surface area (Å²) in [6.45, 7) is 4.23. The van der Waals surface area contributed by atoms with Crippen molar-refractivity contribution >= 4 is 0 Å². The lowest BCUT2D eigenvalue weighted by Crippen LogP contribution is -1.95. The Bertz CT molecular complexity index is 759. The molecule has 0 aromatic heterocycles. The lowest BCUT2D eigenvalue weighted by atomic mass is 9.88. The molecule has 0 atom stereocenters. The number of phenolic OH excluding ortho intramolecular Hbond substituents is 1. The monoisotopic (exact) mass is 288 g/mol. The zero-order valence-corrected chi connectivity index (χ0v) is 13.0. The molecule has 1 N–H and O–H groups in total. The normalized spacial score (nSPS) is 10.9. The van der Waals surface area contributed by atoms with Crippen molar-refractivity contribution in [1.82, 2.24) is 0 Å². The third-order valence-corrected chi connectivity index (χ3v) is 3.93. The van der Waals surface area contributed by atoms with E-state index in [-0.39, 0.29) is 5.92 Å². The molecule has 3 rings (SSSR count). The Kier molecular flexibility index (Phi) is 3.97. The van der Waals surface area contributed by atoms with Crippen LogP contribution in [0.25, 0.3) is 22.3 Å². The Morgan fingerprint density at radius 1 is 0.682 bits per heavy atom. The maximum Gasteiger partial charge on any atom is 0.120 e. The van der Waals surface area contributed by atoms with Gasteiger partial charge in [-0.25, -0.2) is 0 Å². The first kappa shape index (κ1) is 14.4. The number of rotatable bonds is 3. The molecule has 0 heterocycles. The van der Waals surface area contributed by atoms with E-state index in [0.29, 0.717) is 5.75 Å². The van der Waals surface area contributed by atoms with E-state index >= 15 is 0 Å². The van der Waals surface area contributed by atoms with Gasteiger partial charge < -0.3 is 5.11 Å². The number of phenols is 1. The van der Waals surface area contributed by atoms with Gasteiger partial charge in [0.15, 0.2) is 0 Å². The van der Waals surface area contributed by atoms with Gasteiger partial charge in [0.25, 0.3) is 0 Å². The highest BCUT2D eigenvalue weighted by molar-refractivity contribution is 5.78. The fourth-order valence-electron chi connectivity index (χ4n) is 2.90. The molecule has 1 heteroatoms. The van der Waals surface area contributed by atoms with E-state index in [1.54, 1.807) is 0 Å². The number of hydrogen-bond donors (Lipinski definition) is 1. The van der Waals surface area contributed by atoms with Gasteiger partial charge in [0.2, 0.25) is 0 Å². The molecule has 0 aliphatic heterocycles. The lowest BCUT2D eigenvalue weighted by molar-refractivity contribution is 0.465. The van der Waals surface area contributed by atoms with Crippen LogP contribution in [0.3, 0.4) is 0 Å². The van der Waals surface area contributed by atoms with Crippen LogP contribution in [0.15, 0.2) is 72.8 Å². The van der Waals surface area contributed by atoms with Crippen LogP contribution in [0.1, 0.15) is 25.3 Å². The Morgan fingerprint density at radius 2 is 1.23 bits per heavy atom. The summed E-state index contributed by atoms with van der Waals surface area (Å²) in [4.78, 5) is 0. The van der Waals surface area contributed by atoms with Crippen molar-refractivity contribution in [3.63, 3.8) is 0 Å². The molecule has 1 nitrogen and oxygen atoms in total. The van der Waals surface area contributed by atoms with Crippen molar-refractivity contribution in [2.75, 3.05) is 0 Å². The summed E-state index contributed by atoms with van der Waals surface area (Å²) in [6.07, 6.45) is 0. The van der Waals surface area contributed by atoms with E-state index in [1.165, 1.54) is 0 Å². The molecule has 3 aromatic rings. The van der Waals surface area contributed by atoms with Crippen molar-refractivity contribution in [1.29, 1.82) is 0 Å². The number of benzene rings is 3. The minimum absolute atomic E-state index is 0.264. The van der Waals surface area contributed by atoms with Crippen molar-refractivity contribution in [3.8, 4) is 28.0 Å². The first-order chi connectivity index (χ1) is 10.7. The Labute approximate surface area is 131 Å². The van der Waals surface area contributed by atoms with Gasteiger partial charge in [-0.1, -0.05) is 74.5 Å². The predicted octanol–water partition coefficient (Wildman–Crippen LogP) is 5.85. The minimum atomic E-state index is 0.264. The van der Waals surface area contributed by atoms with Crippen LogP contribution in [-0.2, 0) is 0 Å². The second-order valence-electron chi connectivity index (χ2n) is 5.84. The van der Waals surface area contributed by atoms with Gasteiger partial charge in [-0.15, -0.1) is 0 Å². The standard InChI is InChI=1S/C21H20O/c1-15(2)21-19(17-11-7-4-8-12-17)13-18(14-20(21)22)16-9-5-3-6-10-16/h3-15,22H,1-2H3. The highest BCUT2D eigenvalue weighted by Crippen LogP contribution is 2.39. The second kappa shape index (κ2) is 6.07. The smallest absolute Gasteiger partial charge is 0.120 e. The van der Waals surface area contributed by atoms with Gasteiger partial charge in [-0.05, 0) is 40.3 Å². The van der Waals surface area contributed by atoms with E-state index in [2.05, 4.69) is 44.2 Å². The third kappa shape index (κ3) is 2.75. The van der Waals surface area contributed by atoms with Gasteiger partial charge >= 0.3 is 0 Å². The lowest BCUT2D eigenvalue weighted by Gasteiger charge is -2.17. The average Bonchev–Trinajstić information content (AvgIpc) is 2.55. The molecule has 0 spiro atoms. The first-order valence-electron chi connectivity index (χ1n) is 7.64. The summed E-state index contributed by atoms with van der Waals surface area (Å²) in [5, 5.41) is 10.6. The van der Waals surface area contributed by atoms with Crippen LogP contribution >= 0.6 is 0 Å². The summed E-state index contributed by atoms with van der Waals surface area (Å²) >= 11 is 0. The van der Waals surface area contributed by atoms with E-state index in [9.17, 15) is 5.11 Å². The molecule has 110 valence electrons. The SMILES string of the molecule is CC(C)c1c(O)cc(-c2ccccc2)cc1-c1ccccc1. The van der Waals surface area contributed by atoms with Crippen LogP contribution in [-0.4, -0.2) is 5.11 Å². The molecule has 0 aliphatic carbocycles. The van der Waals surface area contributed by atoms with E-state index in [1.807, 2.05) is 42.5 Å². The van der Waals surface area contributed by atoms with Crippen molar-refractivity contribution in [2.24, 2.45) is 0 Å². The minimum Gasteiger partial charge on any atom is -0.508 e. The molecular weight excluding hydrogens is 268 g/mol. The molecule has 0 saturated heterocycles. The molecule has 22 heavy (non-hydrogen) atoms. The third-order valence-electron chi connectivity index (χ3n) is 3.93. The van der Waals surface area contributed by atoms with Crippen LogP contribution in [0.2, 0.25) is 0 Å². The molecule has 0 saturated carbocycles. The fraction of sp³-hybridized carbons (Fsp3) is 0.143. The zero-order valence-electron chi connectivity index (χ0n) is 13.0. The molecule has 0 unspecified atom stereocenters. The molecule has 0 radical (unpaired) electrons. The van der Waals surface area contributed by atoms with Crippen molar-refractivity contribution in [3.05, 3.63) is 78.4 Å². The molecular formula is C21H20O. The molecule has 0 fully saturated rings. The van der Waals surface area contributed by atoms with E-state index < -0.39 is 0 Å². The molecule has 0 aliphatic rings. The first-order valence-corrected chi connectivity index (χ1v) is 7.64. The quantitative estimate of drug-likeness (QED) is 0.641. The van der Waals surface area contributed by atoms with Gasteiger partial charge in [0, 0.05) is 5.56 Å². The highest BCUT2D eigenvalue weighted by Gasteiger charge is 2.15. The van der Waals surface area contributed by atoms with Crippen LogP contribution in [0.5, 0.6) is 5.75 Å². The number of aromatic hydroxyl groups is 1. The van der Waals surface area contributed by atoms with Gasteiger partial charge in [-0.2, -0.15) is 0 Å². The van der Waals surface area contributed by atoms with Crippen molar-refractivity contribution < 1.29 is 5.11 Å². The molecule has 0 bridgehead atoms. The zero-order chi connectivity index (χ0) is 15.5. The van der Waals surface area contributed by atoms with E-state index in [0.717, 1.165) is 27.8 Å². The summed E-state index contributed by atoms with van der Waals surface area (Å²) in [5.74, 6) is 0.634. The molecule has 0 amide bonds. The van der Waals surface area contributed by atoms with Crippen molar-refractivity contribution in [2.45, 2.75) is 19.8 Å². The Balaban J connectivity index is 2.24. The van der Waals surface area contributed by atoms with E-state index in [4.69, 9.17) is 0 Å². The van der Waals surface area contributed by atoms with Gasteiger partial charge in [0.05, 0.1) is 0 Å². The summed E-state index contributed by atoms with van der Waals surface area (Å²) < 4.78 is 0. The van der Waals surface area contributed by atoms with Crippen LogP contribution < -0.4 is 0 Å². The largest absolute Gasteiger partial charge is 0.508 e. The van der Waals surface area contributed by atoms with Gasteiger partial charge in [-0.3, -0.25) is 0 Å². The van der Waals surface area contributed by atoms with Crippen LogP contribution in [0, 0.1) is 0 Å². The molecule has 3 aromatic carbocycles. The summed E-state index contributed by atoms with van der Waals surface area (Å²) in [5.41, 5.74) is 5.41. The summed E-state index contributed by atoms with van der Waals surface area (Å²) in [7, 11) is 0. The maximum atomic E-state index is 10.6. The maximum absolute atomic E-state index is 10.6. The second-order valence-corrected chi connectivity index (χ2v) is 5.84. The topological polar surface area (TPSA) is 20.2 Å². The fourth-order valence-corrected chi connectivity index (χ4v) is 2.90. The Morgan fingerprint density at radius 3 is 1.77 bits per heavy atom. The highest BCUT2D eigenvalue weighted by atomic mass is 16.3. The average molecular weight is 288 g/mol. The summed E-state index contributed by atoms with van der Waals surface area (Å²) in [6, 6.07) is 24.5. The Hall–Kier alpha value is -2.54. The number of hydrogen-bond acceptors (Lipinski definition) is 1. The van der Waals surface area contributed by atoms with Crippen LogP contribution in [0.4, 0.5) is 0 Å². The predicted molar refractivity (Wildman–Crippen MR) is 93.1 cm³/mol. The van der Waals surface area contributed by atoms with Gasteiger partial charge in [0.1, 0.15) is 5.75 Å².